The molecule has 2 aliphatic rings. The van der Waals surface area contributed by atoms with Crippen LogP contribution in [0, 0.1) is 5.92 Å². The Morgan fingerprint density at radius 2 is 1.79 bits per heavy atom. The summed E-state index contributed by atoms with van der Waals surface area (Å²) in [6.07, 6.45) is 1.61. The molecule has 3 heteroatoms. The van der Waals surface area contributed by atoms with Crippen LogP contribution in [0.2, 0.25) is 0 Å². The summed E-state index contributed by atoms with van der Waals surface area (Å²) in [6.45, 7) is 5.39. The number of fused-ring (bicyclic) bond motifs is 1. The number of anilines is 1. The monoisotopic (exact) mass is 320 g/mol. The van der Waals surface area contributed by atoms with E-state index in [9.17, 15) is 4.79 Å². The van der Waals surface area contributed by atoms with Gasteiger partial charge in [-0.25, -0.2) is 0 Å². The van der Waals surface area contributed by atoms with Gasteiger partial charge in [0.2, 0.25) is 5.91 Å². The molecule has 0 aliphatic carbocycles. The predicted octanol–water partition coefficient (Wildman–Crippen LogP) is 3.49. The van der Waals surface area contributed by atoms with Gasteiger partial charge in [0.15, 0.2) is 0 Å². The molecule has 0 radical (unpaired) electrons. The van der Waals surface area contributed by atoms with Gasteiger partial charge in [-0.1, -0.05) is 55.5 Å². The summed E-state index contributed by atoms with van der Waals surface area (Å²) in [6, 6.07) is 19.2. The Morgan fingerprint density at radius 3 is 2.58 bits per heavy atom. The molecule has 24 heavy (non-hydrogen) atoms. The summed E-state index contributed by atoms with van der Waals surface area (Å²) >= 11 is 0. The molecule has 2 aromatic carbocycles. The van der Waals surface area contributed by atoms with Crippen LogP contribution in [-0.2, 0) is 17.8 Å². The van der Waals surface area contributed by atoms with Gasteiger partial charge < -0.3 is 4.90 Å². The van der Waals surface area contributed by atoms with Gasteiger partial charge in [0, 0.05) is 31.4 Å². The van der Waals surface area contributed by atoms with Gasteiger partial charge in [0.05, 0.1) is 6.42 Å². The van der Waals surface area contributed by atoms with Crippen molar-refractivity contribution in [3.8, 4) is 0 Å². The second-order valence-electron chi connectivity index (χ2n) is 7.12. The quantitative estimate of drug-likeness (QED) is 0.864. The number of amides is 1. The Bertz CT molecular complexity index is 728. The third-order valence-electron chi connectivity index (χ3n) is 5.39. The highest BCUT2D eigenvalue weighted by Gasteiger charge is 2.37. The maximum Gasteiger partial charge on any atom is 0.231 e. The number of piperidine rings is 1. The third-order valence-corrected chi connectivity index (χ3v) is 5.39. The van der Waals surface area contributed by atoms with E-state index in [-0.39, 0.29) is 5.91 Å². The molecular weight excluding hydrogens is 296 g/mol. The van der Waals surface area contributed by atoms with E-state index in [1.165, 1.54) is 11.1 Å². The van der Waals surface area contributed by atoms with E-state index in [4.69, 9.17) is 0 Å². The highest BCUT2D eigenvalue weighted by atomic mass is 16.2. The minimum Gasteiger partial charge on any atom is -0.308 e. The largest absolute Gasteiger partial charge is 0.308 e. The summed E-state index contributed by atoms with van der Waals surface area (Å²) < 4.78 is 0. The Morgan fingerprint density at radius 1 is 1.04 bits per heavy atom. The fourth-order valence-corrected chi connectivity index (χ4v) is 4.23. The number of carbonyl (C=O) groups excluding carboxylic acids is 1. The first-order chi connectivity index (χ1) is 11.7. The Balaban J connectivity index is 1.47. The SMILES string of the molecule is CC1CN(Cc2ccccc2)CCC1N1C(=O)Cc2ccccc21. The van der Waals surface area contributed by atoms with Crippen LogP contribution in [0.4, 0.5) is 5.69 Å². The summed E-state index contributed by atoms with van der Waals surface area (Å²) in [4.78, 5) is 17.2. The lowest BCUT2D eigenvalue weighted by molar-refractivity contribution is -0.118. The molecule has 0 N–H and O–H groups in total. The average Bonchev–Trinajstić information content (AvgIpc) is 2.92. The zero-order valence-electron chi connectivity index (χ0n) is 14.2. The summed E-state index contributed by atoms with van der Waals surface area (Å²) in [5, 5.41) is 0. The van der Waals surface area contributed by atoms with E-state index in [0.717, 1.165) is 31.7 Å². The van der Waals surface area contributed by atoms with Gasteiger partial charge in [0.1, 0.15) is 0 Å². The molecule has 1 saturated heterocycles. The minimum atomic E-state index is 0.268. The van der Waals surface area contributed by atoms with Crippen LogP contribution < -0.4 is 4.90 Å². The van der Waals surface area contributed by atoms with Crippen LogP contribution in [0.15, 0.2) is 54.6 Å². The maximum atomic E-state index is 12.6. The van der Waals surface area contributed by atoms with Crippen LogP contribution in [0.3, 0.4) is 0 Å². The van der Waals surface area contributed by atoms with Crippen LogP contribution >= 0.6 is 0 Å². The predicted molar refractivity (Wildman–Crippen MR) is 96.9 cm³/mol. The molecule has 2 aromatic rings. The fourth-order valence-electron chi connectivity index (χ4n) is 4.23. The van der Waals surface area contributed by atoms with Gasteiger partial charge in [0.25, 0.3) is 0 Å². The van der Waals surface area contributed by atoms with Crippen molar-refractivity contribution in [1.29, 1.82) is 0 Å². The zero-order chi connectivity index (χ0) is 16.5. The Hall–Kier alpha value is -2.13. The first kappa shape index (κ1) is 15.4. The van der Waals surface area contributed by atoms with E-state index in [0.29, 0.717) is 18.4 Å². The number of benzene rings is 2. The molecular formula is C21H24N2O. The lowest BCUT2D eigenvalue weighted by Gasteiger charge is -2.41. The van der Waals surface area contributed by atoms with Crippen molar-refractivity contribution in [3.63, 3.8) is 0 Å². The van der Waals surface area contributed by atoms with Crippen molar-refractivity contribution in [1.82, 2.24) is 4.90 Å². The highest BCUT2D eigenvalue weighted by molar-refractivity contribution is 6.01. The molecule has 124 valence electrons. The smallest absolute Gasteiger partial charge is 0.231 e. The molecule has 1 amide bonds. The molecule has 4 rings (SSSR count). The second-order valence-corrected chi connectivity index (χ2v) is 7.12. The van der Waals surface area contributed by atoms with E-state index in [1.54, 1.807) is 0 Å². The molecule has 2 atom stereocenters. The van der Waals surface area contributed by atoms with Gasteiger partial charge >= 0.3 is 0 Å². The van der Waals surface area contributed by atoms with Crippen LogP contribution in [0.1, 0.15) is 24.5 Å². The van der Waals surface area contributed by atoms with Crippen molar-refractivity contribution < 1.29 is 4.79 Å². The lowest BCUT2D eigenvalue weighted by Crippen LogP contribution is -2.51. The number of rotatable bonds is 3. The normalized spacial score (nSPS) is 24.2. The number of carbonyl (C=O) groups is 1. The van der Waals surface area contributed by atoms with Gasteiger partial charge in [-0.15, -0.1) is 0 Å². The number of hydrogen-bond donors (Lipinski definition) is 0. The molecule has 2 unspecified atom stereocenters. The summed E-state index contributed by atoms with van der Waals surface area (Å²) in [7, 11) is 0. The van der Waals surface area contributed by atoms with Crippen molar-refractivity contribution in [2.75, 3.05) is 18.0 Å². The first-order valence-corrected chi connectivity index (χ1v) is 8.88. The highest BCUT2D eigenvalue weighted by Crippen LogP contribution is 2.35. The summed E-state index contributed by atoms with van der Waals surface area (Å²) in [5.74, 6) is 0.752. The Kier molecular flexibility index (Phi) is 4.11. The number of nitrogens with zero attached hydrogens (tertiary/aromatic N) is 2. The topological polar surface area (TPSA) is 23.6 Å². The number of likely N-dealkylation sites (tertiary alicyclic amines) is 1. The first-order valence-electron chi connectivity index (χ1n) is 8.88. The standard InChI is InChI=1S/C21H24N2O/c1-16-14-22(15-17-7-3-2-4-8-17)12-11-19(16)23-20-10-6-5-9-18(20)13-21(23)24/h2-10,16,19H,11-15H2,1H3. The number of hydrogen-bond acceptors (Lipinski definition) is 2. The van der Waals surface area contributed by atoms with Crippen molar-refractivity contribution >= 4 is 11.6 Å². The zero-order valence-corrected chi connectivity index (χ0v) is 14.2. The average molecular weight is 320 g/mol. The molecule has 0 saturated carbocycles. The van der Waals surface area contributed by atoms with Gasteiger partial charge in [-0.2, -0.15) is 0 Å². The third kappa shape index (κ3) is 2.84. The maximum absolute atomic E-state index is 12.6. The second kappa shape index (κ2) is 6.40. The lowest BCUT2D eigenvalue weighted by atomic mass is 9.92. The van der Waals surface area contributed by atoms with E-state index in [2.05, 4.69) is 59.2 Å². The molecule has 0 spiro atoms. The Labute approximate surface area is 143 Å². The molecule has 2 aliphatic heterocycles. The van der Waals surface area contributed by atoms with Crippen molar-refractivity contribution in [2.24, 2.45) is 5.92 Å². The van der Waals surface area contributed by atoms with E-state index >= 15 is 0 Å². The van der Waals surface area contributed by atoms with Crippen LogP contribution in [0.25, 0.3) is 0 Å². The molecule has 1 fully saturated rings. The molecule has 3 nitrogen and oxygen atoms in total. The van der Waals surface area contributed by atoms with Crippen LogP contribution in [0.5, 0.6) is 0 Å². The van der Waals surface area contributed by atoms with Gasteiger partial charge in [-0.05, 0) is 29.5 Å². The van der Waals surface area contributed by atoms with Gasteiger partial charge in [-0.3, -0.25) is 9.69 Å². The number of para-hydroxylation sites is 1. The van der Waals surface area contributed by atoms with Crippen LogP contribution in [-0.4, -0.2) is 29.9 Å². The van der Waals surface area contributed by atoms with E-state index < -0.39 is 0 Å². The minimum absolute atomic E-state index is 0.268. The molecule has 2 heterocycles. The summed E-state index contributed by atoms with van der Waals surface area (Å²) in [5.41, 5.74) is 3.68. The van der Waals surface area contributed by atoms with Crippen molar-refractivity contribution in [3.05, 3.63) is 65.7 Å². The fraction of sp³-hybridized carbons (Fsp3) is 0.381. The van der Waals surface area contributed by atoms with E-state index in [1.807, 2.05) is 12.1 Å². The van der Waals surface area contributed by atoms with Crippen molar-refractivity contribution in [2.45, 2.75) is 32.4 Å². The molecule has 0 bridgehead atoms. The molecule has 0 aromatic heterocycles.